The predicted octanol–water partition coefficient (Wildman–Crippen LogP) is 3.24. The van der Waals surface area contributed by atoms with E-state index in [0.29, 0.717) is 43.0 Å². The number of carbonyl (C=O) groups is 3. The second-order valence-electron chi connectivity index (χ2n) is 8.06. The molecule has 1 unspecified atom stereocenters. The molecule has 1 aliphatic heterocycles. The van der Waals surface area contributed by atoms with Gasteiger partial charge in [-0.2, -0.15) is 0 Å². The van der Waals surface area contributed by atoms with Crippen LogP contribution in [-0.2, 0) is 4.79 Å². The van der Waals surface area contributed by atoms with E-state index in [0.717, 1.165) is 10.6 Å². The molecule has 4 N–H and O–H groups in total. The van der Waals surface area contributed by atoms with Gasteiger partial charge in [0.1, 0.15) is 0 Å². The van der Waals surface area contributed by atoms with E-state index in [1.54, 1.807) is 24.3 Å². The van der Waals surface area contributed by atoms with Crippen molar-refractivity contribution in [3.63, 3.8) is 0 Å². The monoisotopic (exact) mass is 478 g/mol. The van der Waals surface area contributed by atoms with Gasteiger partial charge in [-0.1, -0.05) is 24.3 Å². The van der Waals surface area contributed by atoms with Crippen LogP contribution in [0.3, 0.4) is 0 Å². The van der Waals surface area contributed by atoms with Crippen molar-refractivity contribution in [1.82, 2.24) is 10.2 Å². The zero-order valence-corrected chi connectivity index (χ0v) is 19.3. The van der Waals surface area contributed by atoms with Crippen LogP contribution in [0.15, 0.2) is 66.0 Å². The Morgan fingerprint density at radius 2 is 1.71 bits per heavy atom. The number of hydrogen-bond donors (Lipinski definition) is 3. The molecule has 0 radical (unpaired) electrons. The highest BCUT2D eigenvalue weighted by Crippen LogP contribution is 2.27. The number of nitrogens with zero attached hydrogens (tertiary/aromatic N) is 2. The van der Waals surface area contributed by atoms with E-state index in [1.165, 1.54) is 11.3 Å². The first kappa shape index (κ1) is 23.3. The first-order valence-electron chi connectivity index (χ1n) is 11.0. The lowest BCUT2D eigenvalue weighted by Gasteiger charge is -2.36. The summed E-state index contributed by atoms with van der Waals surface area (Å²) in [5.74, 6) is -1.35. The highest BCUT2D eigenvalue weighted by atomic mass is 32.1. The van der Waals surface area contributed by atoms with Crippen molar-refractivity contribution in [2.45, 2.75) is 12.5 Å². The summed E-state index contributed by atoms with van der Waals surface area (Å²) in [4.78, 5) is 41.4. The molecule has 0 aliphatic carbocycles. The number of benzene rings is 2. The van der Waals surface area contributed by atoms with Gasteiger partial charge in [-0.05, 0) is 41.8 Å². The van der Waals surface area contributed by atoms with Gasteiger partial charge in [0.05, 0.1) is 23.8 Å². The number of anilines is 2. The topological polar surface area (TPSA) is 116 Å². The number of carbonyl (C=O) groups excluding carboxylic acids is 2. The second kappa shape index (κ2) is 10.4. The summed E-state index contributed by atoms with van der Waals surface area (Å²) in [6, 6.07) is 17.3. The highest BCUT2D eigenvalue weighted by molar-refractivity contribution is 7.10. The van der Waals surface area contributed by atoms with Gasteiger partial charge in [0.2, 0.25) is 0 Å². The normalized spacial score (nSPS) is 14.5. The lowest BCUT2D eigenvalue weighted by atomic mass is 10.1. The predicted molar refractivity (Wildman–Crippen MR) is 132 cm³/mol. The van der Waals surface area contributed by atoms with Crippen LogP contribution in [0, 0.1) is 0 Å². The number of nitrogens with one attached hydrogen (secondary N) is 1. The standard InChI is InChI=1S/C25H26N4O4S/c26-19-15-18(24(32)27-20(16-23(30)31)22-7-4-14-34-22)8-9-21(19)28-10-12-29(13-11-28)25(33)17-5-2-1-3-6-17/h1-9,14-15,20H,10-13,16,26H2,(H,27,32)(H,30,31). The third kappa shape index (κ3) is 5.37. The maximum atomic E-state index is 12.8. The van der Waals surface area contributed by atoms with Crippen molar-refractivity contribution < 1.29 is 19.5 Å². The molecule has 1 atom stereocenters. The molecule has 9 heteroatoms. The van der Waals surface area contributed by atoms with E-state index in [9.17, 15) is 19.5 Å². The summed E-state index contributed by atoms with van der Waals surface area (Å²) in [7, 11) is 0. The van der Waals surface area contributed by atoms with Crippen LogP contribution in [0.4, 0.5) is 11.4 Å². The van der Waals surface area contributed by atoms with Gasteiger partial charge in [0.15, 0.2) is 0 Å². The summed E-state index contributed by atoms with van der Waals surface area (Å²) in [5, 5.41) is 13.9. The van der Waals surface area contributed by atoms with Gasteiger partial charge in [-0.15, -0.1) is 11.3 Å². The highest BCUT2D eigenvalue weighted by Gasteiger charge is 2.24. The minimum Gasteiger partial charge on any atom is -0.481 e. The van der Waals surface area contributed by atoms with Crippen LogP contribution in [0.2, 0.25) is 0 Å². The first-order valence-corrected chi connectivity index (χ1v) is 11.8. The molecule has 1 aromatic heterocycles. The van der Waals surface area contributed by atoms with Gasteiger partial charge in [0.25, 0.3) is 11.8 Å². The van der Waals surface area contributed by atoms with E-state index in [4.69, 9.17) is 5.73 Å². The Bertz CT molecular complexity index is 1160. The Kier molecular flexibility index (Phi) is 7.12. The fourth-order valence-electron chi connectivity index (χ4n) is 4.03. The summed E-state index contributed by atoms with van der Waals surface area (Å²) in [5.41, 5.74) is 8.60. The van der Waals surface area contributed by atoms with E-state index in [-0.39, 0.29) is 18.2 Å². The molecule has 0 saturated carbocycles. The van der Waals surface area contributed by atoms with Crippen LogP contribution in [0.1, 0.15) is 38.1 Å². The van der Waals surface area contributed by atoms with Gasteiger partial charge < -0.3 is 26.0 Å². The lowest BCUT2D eigenvalue weighted by Crippen LogP contribution is -2.49. The fraction of sp³-hybridized carbons (Fsp3) is 0.240. The molecule has 2 aromatic carbocycles. The number of amides is 2. The average molecular weight is 479 g/mol. The zero-order chi connectivity index (χ0) is 24.1. The summed E-state index contributed by atoms with van der Waals surface area (Å²) in [6.07, 6.45) is -0.203. The number of aliphatic carboxylic acids is 1. The van der Waals surface area contributed by atoms with E-state index < -0.39 is 12.0 Å². The fourth-order valence-corrected chi connectivity index (χ4v) is 4.80. The van der Waals surface area contributed by atoms with Crippen molar-refractivity contribution in [2.75, 3.05) is 36.8 Å². The smallest absolute Gasteiger partial charge is 0.305 e. The number of thiophene rings is 1. The summed E-state index contributed by atoms with van der Waals surface area (Å²) in [6.45, 7) is 2.42. The maximum Gasteiger partial charge on any atom is 0.305 e. The molecule has 0 bridgehead atoms. The molecule has 8 nitrogen and oxygen atoms in total. The molecule has 1 saturated heterocycles. The number of carboxylic acid groups (broad SMARTS) is 1. The SMILES string of the molecule is Nc1cc(C(=O)NC(CC(=O)O)c2cccs2)ccc1N1CCN(C(=O)c2ccccc2)CC1. The number of piperazine rings is 1. The van der Waals surface area contributed by atoms with Crippen molar-refractivity contribution in [3.05, 3.63) is 82.0 Å². The van der Waals surface area contributed by atoms with E-state index in [1.807, 2.05) is 46.7 Å². The molecule has 2 amide bonds. The molecule has 2 heterocycles. The third-order valence-electron chi connectivity index (χ3n) is 5.79. The Morgan fingerprint density at radius 1 is 0.971 bits per heavy atom. The van der Waals surface area contributed by atoms with Crippen LogP contribution >= 0.6 is 11.3 Å². The average Bonchev–Trinajstić information content (AvgIpc) is 3.39. The third-order valence-corrected chi connectivity index (χ3v) is 6.77. The van der Waals surface area contributed by atoms with Gasteiger partial charge in [0, 0.05) is 42.2 Å². The number of rotatable bonds is 7. The maximum absolute atomic E-state index is 12.8. The molecule has 1 fully saturated rings. The molecule has 1 aliphatic rings. The Hall–Kier alpha value is -3.85. The van der Waals surface area contributed by atoms with Crippen molar-refractivity contribution in [1.29, 1.82) is 0 Å². The lowest BCUT2D eigenvalue weighted by molar-refractivity contribution is -0.137. The van der Waals surface area contributed by atoms with Crippen LogP contribution < -0.4 is 16.0 Å². The van der Waals surface area contributed by atoms with Crippen molar-refractivity contribution >= 4 is 40.5 Å². The first-order chi connectivity index (χ1) is 16.4. The minimum absolute atomic E-state index is 0.0156. The van der Waals surface area contributed by atoms with Crippen LogP contribution in [-0.4, -0.2) is 54.0 Å². The number of carboxylic acids is 1. The molecule has 4 rings (SSSR count). The molecule has 34 heavy (non-hydrogen) atoms. The van der Waals surface area contributed by atoms with E-state index >= 15 is 0 Å². The zero-order valence-electron chi connectivity index (χ0n) is 18.5. The molecule has 176 valence electrons. The Labute approximate surface area is 201 Å². The summed E-state index contributed by atoms with van der Waals surface area (Å²) < 4.78 is 0. The largest absolute Gasteiger partial charge is 0.481 e. The number of nitrogens with two attached hydrogens (primary N) is 1. The second-order valence-corrected chi connectivity index (χ2v) is 9.04. The van der Waals surface area contributed by atoms with Crippen LogP contribution in [0.25, 0.3) is 0 Å². The van der Waals surface area contributed by atoms with Gasteiger partial charge in [-0.3, -0.25) is 14.4 Å². The molecular formula is C25H26N4O4S. The number of hydrogen-bond acceptors (Lipinski definition) is 6. The van der Waals surface area contributed by atoms with Crippen molar-refractivity contribution in [3.8, 4) is 0 Å². The van der Waals surface area contributed by atoms with E-state index in [2.05, 4.69) is 10.2 Å². The summed E-state index contributed by atoms with van der Waals surface area (Å²) >= 11 is 1.40. The Balaban J connectivity index is 1.40. The molecular weight excluding hydrogens is 452 g/mol. The number of nitrogen functional groups attached to an aromatic ring is 1. The minimum atomic E-state index is -0.988. The molecule has 0 spiro atoms. The van der Waals surface area contributed by atoms with Gasteiger partial charge in [-0.25, -0.2) is 0 Å². The van der Waals surface area contributed by atoms with Crippen LogP contribution in [0.5, 0.6) is 0 Å². The van der Waals surface area contributed by atoms with Gasteiger partial charge >= 0.3 is 5.97 Å². The Morgan fingerprint density at radius 3 is 2.32 bits per heavy atom. The van der Waals surface area contributed by atoms with Crippen molar-refractivity contribution in [2.24, 2.45) is 0 Å². The molecule has 3 aromatic rings. The quantitative estimate of drug-likeness (QED) is 0.449.